The molecule has 1 aromatic heterocycles. The number of aryl methyl sites for hydroxylation is 1. The fourth-order valence-corrected chi connectivity index (χ4v) is 6.74. The SMILES string of the molecule is Cc1ccccc1C(CC(=O)CC1CCC(N)CC1)c1cn(CC2CCCCC2)c2ccccc12. The number of nitrogens with two attached hydrogens (primary N) is 1. The molecule has 0 saturated heterocycles. The van der Waals surface area contributed by atoms with Gasteiger partial charge < -0.3 is 10.3 Å². The van der Waals surface area contributed by atoms with Crippen molar-refractivity contribution in [1.82, 2.24) is 4.57 Å². The molecule has 0 spiro atoms. The molecule has 1 heterocycles. The Morgan fingerprint density at radius 1 is 0.886 bits per heavy atom. The molecule has 0 bridgehead atoms. The van der Waals surface area contributed by atoms with E-state index in [1.165, 1.54) is 59.7 Å². The van der Waals surface area contributed by atoms with E-state index in [0.29, 0.717) is 30.6 Å². The van der Waals surface area contributed by atoms with Crippen LogP contribution in [0, 0.1) is 18.8 Å². The molecule has 5 rings (SSSR count). The van der Waals surface area contributed by atoms with Gasteiger partial charge >= 0.3 is 0 Å². The lowest BCUT2D eigenvalue weighted by Crippen LogP contribution is -2.27. The summed E-state index contributed by atoms with van der Waals surface area (Å²) in [5.74, 6) is 1.78. The Morgan fingerprint density at radius 3 is 2.37 bits per heavy atom. The van der Waals surface area contributed by atoms with E-state index in [0.717, 1.165) is 38.1 Å². The van der Waals surface area contributed by atoms with Crippen LogP contribution in [0.5, 0.6) is 0 Å². The van der Waals surface area contributed by atoms with Gasteiger partial charge in [-0.05, 0) is 80.0 Å². The van der Waals surface area contributed by atoms with Gasteiger partial charge in [0.15, 0.2) is 0 Å². The van der Waals surface area contributed by atoms with Crippen molar-refractivity contribution in [3.63, 3.8) is 0 Å². The van der Waals surface area contributed by atoms with Crippen LogP contribution in [-0.4, -0.2) is 16.4 Å². The van der Waals surface area contributed by atoms with Crippen molar-refractivity contribution in [1.29, 1.82) is 0 Å². The molecule has 2 aliphatic carbocycles. The fraction of sp³-hybridized carbons (Fsp3) is 0.531. The molecule has 1 unspecified atom stereocenters. The summed E-state index contributed by atoms with van der Waals surface area (Å²) < 4.78 is 2.50. The zero-order valence-corrected chi connectivity index (χ0v) is 21.4. The van der Waals surface area contributed by atoms with Gasteiger partial charge in [0.2, 0.25) is 0 Å². The molecule has 2 aliphatic rings. The predicted molar refractivity (Wildman–Crippen MR) is 146 cm³/mol. The van der Waals surface area contributed by atoms with E-state index in [2.05, 4.69) is 66.2 Å². The van der Waals surface area contributed by atoms with E-state index >= 15 is 0 Å². The van der Waals surface area contributed by atoms with Crippen LogP contribution in [0.2, 0.25) is 0 Å². The number of hydrogen-bond donors (Lipinski definition) is 1. The molecular formula is C32H42N2O. The summed E-state index contributed by atoms with van der Waals surface area (Å²) in [6.45, 7) is 3.29. The number of Topliss-reactive ketones (excluding diaryl/α,β-unsaturated/α-hetero) is 1. The van der Waals surface area contributed by atoms with Crippen LogP contribution >= 0.6 is 0 Å². The summed E-state index contributed by atoms with van der Waals surface area (Å²) >= 11 is 0. The molecule has 2 fully saturated rings. The molecule has 0 aliphatic heterocycles. The van der Waals surface area contributed by atoms with Crippen LogP contribution in [0.4, 0.5) is 0 Å². The number of benzene rings is 2. The Labute approximate surface area is 211 Å². The third-order valence-corrected chi connectivity index (χ3v) is 8.78. The molecule has 0 radical (unpaired) electrons. The number of hydrogen-bond acceptors (Lipinski definition) is 2. The molecule has 2 saturated carbocycles. The molecule has 1 atom stereocenters. The van der Waals surface area contributed by atoms with Crippen molar-refractivity contribution in [2.75, 3.05) is 0 Å². The van der Waals surface area contributed by atoms with Crippen molar-refractivity contribution in [2.45, 2.75) is 96.1 Å². The molecule has 3 heteroatoms. The second kappa shape index (κ2) is 11.1. The number of ketones is 1. The minimum Gasteiger partial charge on any atom is -0.347 e. The normalized spacial score (nSPS) is 22.3. The summed E-state index contributed by atoms with van der Waals surface area (Å²) in [6.07, 6.45) is 14.8. The quantitative estimate of drug-likeness (QED) is 0.370. The number of fused-ring (bicyclic) bond motifs is 1. The lowest BCUT2D eigenvalue weighted by atomic mass is 9.80. The Balaban J connectivity index is 1.46. The first kappa shape index (κ1) is 24.3. The van der Waals surface area contributed by atoms with E-state index in [1.807, 2.05) is 0 Å². The number of para-hydroxylation sites is 1. The smallest absolute Gasteiger partial charge is 0.134 e. The number of nitrogens with zero attached hydrogens (tertiary/aromatic N) is 1. The maximum absolute atomic E-state index is 13.5. The van der Waals surface area contributed by atoms with Crippen molar-refractivity contribution in [2.24, 2.45) is 17.6 Å². The molecule has 0 amide bonds. The highest BCUT2D eigenvalue weighted by Gasteiger charge is 2.27. The lowest BCUT2D eigenvalue weighted by molar-refractivity contribution is -0.120. The van der Waals surface area contributed by atoms with Gasteiger partial charge in [-0.15, -0.1) is 0 Å². The summed E-state index contributed by atoms with van der Waals surface area (Å²) in [5.41, 5.74) is 11.3. The molecule has 2 N–H and O–H groups in total. The van der Waals surface area contributed by atoms with Gasteiger partial charge in [0, 0.05) is 48.4 Å². The first-order valence-corrected chi connectivity index (χ1v) is 14.0. The van der Waals surface area contributed by atoms with Crippen molar-refractivity contribution in [3.05, 3.63) is 71.4 Å². The summed E-state index contributed by atoms with van der Waals surface area (Å²) in [6, 6.07) is 17.8. The zero-order chi connectivity index (χ0) is 24.2. The minimum atomic E-state index is 0.104. The highest BCUT2D eigenvalue weighted by atomic mass is 16.1. The lowest BCUT2D eigenvalue weighted by Gasteiger charge is -2.26. The molecule has 3 aromatic rings. The average molecular weight is 471 g/mol. The van der Waals surface area contributed by atoms with Crippen molar-refractivity contribution < 1.29 is 4.79 Å². The van der Waals surface area contributed by atoms with Gasteiger partial charge in [-0.1, -0.05) is 61.7 Å². The summed E-state index contributed by atoms with van der Waals surface area (Å²) in [5, 5.41) is 1.31. The van der Waals surface area contributed by atoms with Crippen molar-refractivity contribution >= 4 is 16.7 Å². The Hall–Kier alpha value is -2.39. The van der Waals surface area contributed by atoms with Crippen molar-refractivity contribution in [3.8, 4) is 0 Å². The van der Waals surface area contributed by atoms with E-state index in [4.69, 9.17) is 5.73 Å². The van der Waals surface area contributed by atoms with Crippen LogP contribution in [0.25, 0.3) is 10.9 Å². The Bertz CT molecular complexity index is 1130. The maximum Gasteiger partial charge on any atom is 0.134 e. The van der Waals surface area contributed by atoms with Crippen LogP contribution in [0.3, 0.4) is 0 Å². The number of rotatable bonds is 8. The third kappa shape index (κ3) is 5.72. The number of aromatic nitrogens is 1. The van der Waals surface area contributed by atoms with Gasteiger partial charge in [-0.2, -0.15) is 0 Å². The highest BCUT2D eigenvalue weighted by molar-refractivity contribution is 5.87. The third-order valence-electron chi connectivity index (χ3n) is 8.78. The van der Waals surface area contributed by atoms with Crippen LogP contribution in [-0.2, 0) is 11.3 Å². The average Bonchev–Trinajstić information content (AvgIpc) is 3.23. The Morgan fingerprint density at radius 2 is 1.60 bits per heavy atom. The van der Waals surface area contributed by atoms with Gasteiger partial charge in [-0.3, -0.25) is 4.79 Å². The van der Waals surface area contributed by atoms with Gasteiger partial charge in [-0.25, -0.2) is 0 Å². The summed E-state index contributed by atoms with van der Waals surface area (Å²) in [4.78, 5) is 13.5. The zero-order valence-electron chi connectivity index (χ0n) is 21.4. The van der Waals surface area contributed by atoms with Crippen LogP contribution in [0.15, 0.2) is 54.7 Å². The van der Waals surface area contributed by atoms with E-state index < -0.39 is 0 Å². The molecule has 186 valence electrons. The van der Waals surface area contributed by atoms with Gasteiger partial charge in [0.25, 0.3) is 0 Å². The molecule has 2 aromatic carbocycles. The molecule has 3 nitrogen and oxygen atoms in total. The first-order chi connectivity index (χ1) is 17.1. The topological polar surface area (TPSA) is 48.0 Å². The van der Waals surface area contributed by atoms with Gasteiger partial charge in [0.05, 0.1) is 0 Å². The van der Waals surface area contributed by atoms with E-state index in [-0.39, 0.29) is 5.92 Å². The fourth-order valence-electron chi connectivity index (χ4n) is 6.74. The Kier molecular flexibility index (Phi) is 7.72. The standard InChI is InChI=1S/C32H42N2O/c1-23-9-5-6-12-28(23)30(20-27(35)19-24-15-17-26(33)18-16-24)31-22-34(21-25-10-3-2-4-11-25)32-14-8-7-13-29(31)32/h5-9,12-14,22,24-26,30H,2-4,10-11,15-21,33H2,1H3. The van der Waals surface area contributed by atoms with Crippen LogP contribution in [0.1, 0.15) is 93.2 Å². The maximum atomic E-state index is 13.5. The summed E-state index contributed by atoms with van der Waals surface area (Å²) in [7, 11) is 0. The second-order valence-electron chi connectivity index (χ2n) is 11.4. The highest BCUT2D eigenvalue weighted by Crippen LogP contribution is 2.38. The minimum absolute atomic E-state index is 0.104. The number of carbonyl (C=O) groups excluding carboxylic acids is 1. The van der Waals surface area contributed by atoms with Crippen LogP contribution < -0.4 is 5.73 Å². The van der Waals surface area contributed by atoms with Gasteiger partial charge in [0.1, 0.15) is 5.78 Å². The molecule has 35 heavy (non-hydrogen) atoms. The van der Waals surface area contributed by atoms with E-state index in [1.54, 1.807) is 0 Å². The number of carbonyl (C=O) groups is 1. The first-order valence-electron chi connectivity index (χ1n) is 14.0. The predicted octanol–water partition coefficient (Wildman–Crippen LogP) is 7.53. The van der Waals surface area contributed by atoms with E-state index in [9.17, 15) is 4.79 Å². The largest absolute Gasteiger partial charge is 0.347 e. The second-order valence-corrected chi connectivity index (χ2v) is 11.4. The monoisotopic (exact) mass is 470 g/mol. The molecular weight excluding hydrogens is 428 g/mol.